The molecule has 2 aliphatic heterocycles. The van der Waals surface area contributed by atoms with Gasteiger partial charge in [-0.3, -0.25) is 0 Å². The van der Waals surface area contributed by atoms with Gasteiger partial charge in [0.15, 0.2) is 0 Å². The minimum atomic E-state index is -0.817. The average molecular weight is 553 g/mol. The predicted octanol–water partition coefficient (Wildman–Crippen LogP) is 4.64. The highest BCUT2D eigenvalue weighted by Gasteiger charge is 2.43. The molecule has 4 rings (SSSR count). The Bertz CT molecular complexity index is 1050. The van der Waals surface area contributed by atoms with E-state index in [4.69, 9.17) is 58.4 Å². The monoisotopic (exact) mass is 552 g/mol. The van der Waals surface area contributed by atoms with Gasteiger partial charge in [0.1, 0.15) is 36.6 Å². The van der Waals surface area contributed by atoms with E-state index in [0.29, 0.717) is 36.1 Å². The Morgan fingerprint density at radius 1 is 0.838 bits per heavy atom. The van der Waals surface area contributed by atoms with Crippen LogP contribution in [0.25, 0.3) is 0 Å². The van der Waals surface area contributed by atoms with E-state index in [1.165, 1.54) is 0 Å². The molecule has 2 aliphatic rings. The SMILES string of the molecule is CC(Cc1ccc(C(OC(c2ccc(CC(C)OC(N)=O)cc2Cl)C2CO2)C2CO2)c(Cl)c1)OC(N)=O. The molecule has 0 saturated carbocycles. The standard InChI is InChI=1S/C26H30Cl2N2O7/c1-13(35-25(29)31)7-15-3-5-17(19(27)9-15)23(21-11-33-21)37-24(22-12-34-22)18-6-4-16(10-20(18)28)8-14(2)36-26(30)32/h3-6,9-10,13-14,21-24H,7-8,11-12H2,1-2H3,(H2,29,31)(H2,30,32). The maximum atomic E-state index is 11.0. The van der Waals surface area contributed by atoms with Crippen LogP contribution in [0.15, 0.2) is 36.4 Å². The number of benzene rings is 2. The molecule has 2 heterocycles. The van der Waals surface area contributed by atoms with Crippen LogP contribution in [0.4, 0.5) is 9.59 Å². The molecule has 0 radical (unpaired) electrons. The maximum Gasteiger partial charge on any atom is 0.404 e. The lowest BCUT2D eigenvalue weighted by atomic mass is 9.99. The number of carbonyl (C=O) groups is 2. The van der Waals surface area contributed by atoms with E-state index in [-0.39, 0.29) is 24.4 Å². The second-order valence-electron chi connectivity index (χ2n) is 9.34. The maximum absolute atomic E-state index is 11.0. The van der Waals surface area contributed by atoms with E-state index in [1.54, 1.807) is 13.8 Å². The van der Waals surface area contributed by atoms with E-state index in [0.717, 1.165) is 22.3 Å². The van der Waals surface area contributed by atoms with Crippen LogP contribution in [0.3, 0.4) is 0 Å². The second kappa shape index (κ2) is 11.9. The second-order valence-corrected chi connectivity index (χ2v) is 10.2. The lowest BCUT2D eigenvalue weighted by Crippen LogP contribution is -2.22. The number of hydrogen-bond donors (Lipinski definition) is 2. The predicted molar refractivity (Wildman–Crippen MR) is 137 cm³/mol. The first-order chi connectivity index (χ1) is 17.6. The molecule has 6 unspecified atom stereocenters. The highest BCUT2D eigenvalue weighted by molar-refractivity contribution is 6.31. The van der Waals surface area contributed by atoms with Crippen molar-refractivity contribution in [2.24, 2.45) is 11.5 Å². The van der Waals surface area contributed by atoms with E-state index < -0.39 is 24.4 Å². The quantitative estimate of drug-likeness (QED) is 0.365. The fourth-order valence-electron chi connectivity index (χ4n) is 4.34. The summed E-state index contributed by atoms with van der Waals surface area (Å²) in [4.78, 5) is 22.0. The van der Waals surface area contributed by atoms with Gasteiger partial charge < -0.3 is 35.2 Å². The van der Waals surface area contributed by atoms with Gasteiger partial charge in [-0.15, -0.1) is 0 Å². The molecule has 0 spiro atoms. The molecule has 0 aliphatic carbocycles. The summed E-state index contributed by atoms with van der Waals surface area (Å²) in [6, 6.07) is 11.3. The molecule has 9 nitrogen and oxygen atoms in total. The third-order valence-electron chi connectivity index (χ3n) is 6.11. The molecule has 11 heteroatoms. The third kappa shape index (κ3) is 7.72. The van der Waals surface area contributed by atoms with Crippen molar-refractivity contribution in [2.75, 3.05) is 13.2 Å². The summed E-state index contributed by atoms with van der Waals surface area (Å²) in [5.41, 5.74) is 13.6. The van der Waals surface area contributed by atoms with Crippen LogP contribution < -0.4 is 11.5 Å². The number of epoxide rings is 2. The summed E-state index contributed by atoms with van der Waals surface area (Å²) in [5, 5.41) is 1.04. The number of amides is 2. The molecule has 2 saturated heterocycles. The highest BCUT2D eigenvalue weighted by Crippen LogP contribution is 2.44. The Labute approximate surface area is 225 Å². The molecule has 4 N–H and O–H groups in total. The minimum absolute atomic E-state index is 0.147. The number of ether oxygens (including phenoxy) is 5. The molecule has 2 aromatic rings. The molecule has 0 aromatic heterocycles. The zero-order chi connectivity index (χ0) is 26.7. The summed E-state index contributed by atoms with van der Waals surface area (Å²) in [5.74, 6) is 0. The Hall–Kier alpha value is -2.56. The van der Waals surface area contributed by atoms with Crippen molar-refractivity contribution in [3.05, 3.63) is 68.7 Å². The summed E-state index contributed by atoms with van der Waals surface area (Å²) < 4.78 is 27.8. The normalized spacial score (nSPS) is 21.4. The van der Waals surface area contributed by atoms with Crippen LogP contribution in [-0.2, 0) is 36.5 Å². The molecule has 2 aromatic carbocycles. The van der Waals surface area contributed by atoms with Gasteiger partial charge in [-0.2, -0.15) is 0 Å². The fourth-order valence-corrected chi connectivity index (χ4v) is 4.96. The van der Waals surface area contributed by atoms with Crippen LogP contribution in [0.1, 0.15) is 48.3 Å². The minimum Gasteiger partial charge on any atom is -0.446 e. The molecule has 0 bridgehead atoms. The van der Waals surface area contributed by atoms with Crippen LogP contribution in [0.2, 0.25) is 10.0 Å². The number of rotatable bonds is 12. The van der Waals surface area contributed by atoms with Crippen LogP contribution >= 0.6 is 23.2 Å². The van der Waals surface area contributed by atoms with Gasteiger partial charge in [0.05, 0.1) is 13.2 Å². The van der Waals surface area contributed by atoms with Gasteiger partial charge in [-0.05, 0) is 37.1 Å². The van der Waals surface area contributed by atoms with Crippen molar-refractivity contribution < 1.29 is 33.3 Å². The van der Waals surface area contributed by atoms with Gasteiger partial charge in [-0.1, -0.05) is 47.5 Å². The summed E-state index contributed by atoms with van der Waals surface area (Å²) in [6.45, 7) is 4.62. The smallest absolute Gasteiger partial charge is 0.404 e. The van der Waals surface area contributed by atoms with Gasteiger partial charge in [-0.25, -0.2) is 9.59 Å². The summed E-state index contributed by atoms with van der Waals surface area (Å²) in [7, 11) is 0. The zero-order valence-electron chi connectivity index (χ0n) is 20.5. The van der Waals surface area contributed by atoms with E-state index in [2.05, 4.69) is 0 Å². The molecule has 37 heavy (non-hydrogen) atoms. The largest absolute Gasteiger partial charge is 0.446 e. The molecular weight excluding hydrogens is 523 g/mol. The van der Waals surface area contributed by atoms with Crippen molar-refractivity contribution in [3.8, 4) is 0 Å². The number of hydrogen-bond acceptors (Lipinski definition) is 7. The molecule has 2 amide bonds. The van der Waals surface area contributed by atoms with Gasteiger partial charge in [0.25, 0.3) is 0 Å². The van der Waals surface area contributed by atoms with Crippen LogP contribution in [-0.4, -0.2) is 49.8 Å². The number of nitrogens with two attached hydrogens (primary N) is 2. The first kappa shape index (κ1) is 27.5. The van der Waals surface area contributed by atoms with Crippen molar-refractivity contribution >= 4 is 35.4 Å². The van der Waals surface area contributed by atoms with Gasteiger partial charge in [0, 0.05) is 34.0 Å². The number of primary amides is 2. The fraction of sp³-hybridized carbons (Fsp3) is 0.462. The lowest BCUT2D eigenvalue weighted by Gasteiger charge is -2.25. The molecule has 2 fully saturated rings. The van der Waals surface area contributed by atoms with Crippen LogP contribution in [0, 0.1) is 0 Å². The van der Waals surface area contributed by atoms with Crippen molar-refractivity contribution in [1.29, 1.82) is 0 Å². The summed E-state index contributed by atoms with van der Waals surface area (Å²) in [6.07, 6.45) is -2.63. The highest BCUT2D eigenvalue weighted by atomic mass is 35.5. The Kier molecular flexibility index (Phi) is 8.82. The van der Waals surface area contributed by atoms with Crippen molar-refractivity contribution in [3.63, 3.8) is 0 Å². The Balaban J connectivity index is 1.51. The molecular formula is C26H30Cl2N2O7. The van der Waals surface area contributed by atoms with Crippen molar-refractivity contribution in [2.45, 2.75) is 63.3 Å². The Morgan fingerprint density at radius 3 is 1.51 bits per heavy atom. The third-order valence-corrected chi connectivity index (χ3v) is 6.77. The van der Waals surface area contributed by atoms with Crippen LogP contribution in [0.5, 0.6) is 0 Å². The lowest BCUT2D eigenvalue weighted by molar-refractivity contribution is -0.0418. The van der Waals surface area contributed by atoms with E-state index in [1.807, 2.05) is 36.4 Å². The first-order valence-corrected chi connectivity index (χ1v) is 12.7. The number of halogens is 2. The molecule has 6 atom stereocenters. The first-order valence-electron chi connectivity index (χ1n) is 12.0. The van der Waals surface area contributed by atoms with E-state index in [9.17, 15) is 9.59 Å². The average Bonchev–Trinajstić information content (AvgIpc) is 3.69. The topological polar surface area (TPSA) is 139 Å². The molecule has 200 valence electrons. The Morgan fingerprint density at radius 2 is 1.22 bits per heavy atom. The number of carbonyl (C=O) groups excluding carboxylic acids is 2. The van der Waals surface area contributed by atoms with Crippen molar-refractivity contribution in [1.82, 2.24) is 0 Å². The van der Waals surface area contributed by atoms with E-state index >= 15 is 0 Å². The van der Waals surface area contributed by atoms with Gasteiger partial charge >= 0.3 is 12.2 Å². The van der Waals surface area contributed by atoms with Gasteiger partial charge in [0.2, 0.25) is 0 Å². The zero-order valence-corrected chi connectivity index (χ0v) is 22.0. The summed E-state index contributed by atoms with van der Waals surface area (Å²) >= 11 is 13.4.